The summed E-state index contributed by atoms with van der Waals surface area (Å²) in [6, 6.07) is 12.5. The van der Waals surface area contributed by atoms with E-state index in [0.29, 0.717) is 41.0 Å². The Hall–Kier alpha value is -3.59. The lowest BCUT2D eigenvalue weighted by atomic mass is 10.0. The van der Waals surface area contributed by atoms with E-state index in [9.17, 15) is 22.8 Å². The molecule has 0 spiro atoms. The zero-order valence-electron chi connectivity index (χ0n) is 18.8. The molecule has 9 heteroatoms. The zero-order chi connectivity index (χ0) is 24.4. The van der Waals surface area contributed by atoms with Gasteiger partial charge in [0.15, 0.2) is 0 Å². The van der Waals surface area contributed by atoms with Crippen molar-refractivity contribution in [2.45, 2.75) is 25.7 Å². The predicted molar refractivity (Wildman–Crippen MR) is 122 cm³/mol. The van der Waals surface area contributed by atoms with Gasteiger partial charge in [-0.05, 0) is 30.2 Å². The molecule has 0 N–H and O–H groups in total. The van der Waals surface area contributed by atoms with Crippen molar-refractivity contribution in [3.05, 3.63) is 91.8 Å². The van der Waals surface area contributed by atoms with Crippen LogP contribution in [0.4, 0.5) is 13.2 Å². The molecule has 0 unspecified atom stereocenters. The van der Waals surface area contributed by atoms with Gasteiger partial charge in [0, 0.05) is 20.6 Å². The van der Waals surface area contributed by atoms with Crippen molar-refractivity contribution in [2.75, 3.05) is 6.61 Å². The van der Waals surface area contributed by atoms with Gasteiger partial charge in [0.05, 0.1) is 34.5 Å². The van der Waals surface area contributed by atoms with Gasteiger partial charge in [-0.25, -0.2) is 4.79 Å². The average molecular weight is 469 g/mol. The third kappa shape index (κ3) is 3.30. The lowest BCUT2D eigenvalue weighted by Gasteiger charge is -2.28. The minimum absolute atomic E-state index is 0.298. The van der Waals surface area contributed by atoms with Gasteiger partial charge in [-0.15, -0.1) is 0 Å². The molecule has 176 valence electrons. The van der Waals surface area contributed by atoms with Crippen LogP contribution >= 0.6 is 0 Å². The summed E-state index contributed by atoms with van der Waals surface area (Å²) in [5, 5.41) is 0.380. The van der Waals surface area contributed by atoms with Crippen molar-refractivity contribution >= 4 is 10.9 Å². The first-order valence-electron chi connectivity index (χ1n) is 10.8. The Morgan fingerprint density at radius 3 is 2.21 bits per heavy atom. The third-order valence-electron chi connectivity index (χ3n) is 6.42. The number of ether oxygens (including phenoxy) is 1. The summed E-state index contributed by atoms with van der Waals surface area (Å²) >= 11 is 0. The Morgan fingerprint density at radius 2 is 1.59 bits per heavy atom. The van der Waals surface area contributed by atoms with Crippen molar-refractivity contribution in [2.24, 2.45) is 14.1 Å². The highest BCUT2D eigenvalue weighted by Gasteiger charge is 2.34. The highest BCUT2D eigenvalue weighted by Crippen LogP contribution is 2.41. The van der Waals surface area contributed by atoms with Crippen LogP contribution in [0.5, 0.6) is 0 Å². The van der Waals surface area contributed by atoms with Crippen LogP contribution in [0.15, 0.2) is 58.1 Å². The van der Waals surface area contributed by atoms with Gasteiger partial charge in [0.25, 0.3) is 5.56 Å². The van der Waals surface area contributed by atoms with Crippen molar-refractivity contribution in [3.8, 4) is 11.3 Å². The molecule has 0 radical (unpaired) electrons. The maximum Gasteiger partial charge on any atom is 0.416 e. The van der Waals surface area contributed by atoms with Gasteiger partial charge in [-0.1, -0.05) is 42.0 Å². The maximum absolute atomic E-state index is 13.3. The van der Waals surface area contributed by atoms with Crippen LogP contribution in [0, 0.1) is 6.92 Å². The molecule has 0 amide bonds. The van der Waals surface area contributed by atoms with Gasteiger partial charge in [-0.3, -0.25) is 13.9 Å². The van der Waals surface area contributed by atoms with Crippen LogP contribution in [0.3, 0.4) is 0 Å². The van der Waals surface area contributed by atoms with Gasteiger partial charge >= 0.3 is 11.9 Å². The first kappa shape index (κ1) is 22.2. The summed E-state index contributed by atoms with van der Waals surface area (Å²) < 4.78 is 49.8. The summed E-state index contributed by atoms with van der Waals surface area (Å²) in [5.41, 5.74) is 2.38. The molecule has 0 aliphatic carbocycles. The lowest BCUT2D eigenvalue weighted by Crippen LogP contribution is -2.37. The Balaban J connectivity index is 1.84. The Bertz CT molecular complexity index is 1530. The number of rotatable bonds is 2. The van der Waals surface area contributed by atoms with Gasteiger partial charge in [-0.2, -0.15) is 13.2 Å². The van der Waals surface area contributed by atoms with Crippen LogP contribution in [-0.2, 0) is 31.6 Å². The first-order valence-corrected chi connectivity index (χ1v) is 10.8. The highest BCUT2D eigenvalue weighted by atomic mass is 19.4. The fourth-order valence-electron chi connectivity index (χ4n) is 4.69. The Labute approximate surface area is 192 Å². The molecule has 34 heavy (non-hydrogen) atoms. The van der Waals surface area contributed by atoms with E-state index in [1.54, 1.807) is 7.05 Å². The molecule has 2 aromatic carbocycles. The van der Waals surface area contributed by atoms with Crippen LogP contribution in [0.25, 0.3) is 22.2 Å². The summed E-state index contributed by atoms with van der Waals surface area (Å²) in [6.45, 7) is 2.70. The number of aromatic nitrogens is 3. The molecule has 0 fully saturated rings. The first-order chi connectivity index (χ1) is 16.1. The molecule has 1 aliphatic heterocycles. The second-order valence-corrected chi connectivity index (χ2v) is 8.55. The van der Waals surface area contributed by atoms with E-state index in [4.69, 9.17) is 4.74 Å². The van der Waals surface area contributed by atoms with Crippen molar-refractivity contribution < 1.29 is 17.9 Å². The van der Waals surface area contributed by atoms with Crippen molar-refractivity contribution in [3.63, 3.8) is 0 Å². The number of hydrogen-bond acceptors (Lipinski definition) is 3. The average Bonchev–Trinajstić information content (AvgIpc) is 3.17. The van der Waals surface area contributed by atoms with Crippen LogP contribution < -0.4 is 11.2 Å². The molecular formula is C25H22F3N3O3. The number of fused-ring (bicyclic) bond motifs is 3. The minimum Gasteiger partial charge on any atom is -0.365 e. The van der Waals surface area contributed by atoms with E-state index in [0.717, 1.165) is 27.8 Å². The van der Waals surface area contributed by atoms with E-state index in [1.807, 2.05) is 35.8 Å². The van der Waals surface area contributed by atoms with Crippen molar-refractivity contribution in [1.82, 2.24) is 13.7 Å². The normalized spacial score (nSPS) is 16.1. The van der Waals surface area contributed by atoms with Crippen LogP contribution in [0.1, 0.15) is 28.5 Å². The summed E-state index contributed by atoms with van der Waals surface area (Å²) in [4.78, 5) is 26.2. The molecule has 0 bridgehead atoms. The molecule has 1 aliphatic rings. The largest absolute Gasteiger partial charge is 0.416 e. The fraction of sp³-hybridized carbons (Fsp3) is 0.280. The van der Waals surface area contributed by atoms with E-state index in [1.165, 1.54) is 23.7 Å². The molecule has 5 rings (SSSR count). The molecule has 0 saturated carbocycles. The molecule has 6 nitrogen and oxygen atoms in total. The van der Waals surface area contributed by atoms with Crippen molar-refractivity contribution in [1.29, 1.82) is 0 Å². The molecule has 1 atom stereocenters. The number of hydrogen-bond donors (Lipinski definition) is 0. The number of aryl methyl sites for hydroxylation is 2. The third-order valence-corrected chi connectivity index (χ3v) is 6.42. The summed E-state index contributed by atoms with van der Waals surface area (Å²) in [6.07, 6.45) is -5.19. The number of halogens is 3. The quantitative estimate of drug-likeness (QED) is 0.443. The SMILES string of the molecule is Cc1ccc(-c2c3c(=O)n(C)c(=O)n(C)c3c3n2CCO[C@H]3c2ccc(C(F)(F)F)cc2)cc1. The number of benzene rings is 2. The number of alkyl halides is 3. The monoisotopic (exact) mass is 469 g/mol. The zero-order valence-corrected chi connectivity index (χ0v) is 18.8. The van der Waals surface area contributed by atoms with E-state index in [2.05, 4.69) is 0 Å². The van der Waals surface area contributed by atoms with Gasteiger partial charge in [0.2, 0.25) is 0 Å². The van der Waals surface area contributed by atoms with Gasteiger partial charge in [0.1, 0.15) is 6.10 Å². The van der Waals surface area contributed by atoms with E-state index in [-0.39, 0.29) is 0 Å². The van der Waals surface area contributed by atoms with Crippen LogP contribution in [0.2, 0.25) is 0 Å². The molecule has 0 saturated heterocycles. The maximum atomic E-state index is 13.3. The second-order valence-electron chi connectivity index (χ2n) is 8.55. The molecule has 4 aromatic rings. The fourth-order valence-corrected chi connectivity index (χ4v) is 4.69. The lowest BCUT2D eigenvalue weighted by molar-refractivity contribution is -0.137. The molecule has 2 aromatic heterocycles. The topological polar surface area (TPSA) is 58.2 Å². The Kier molecular flexibility index (Phi) is 5.05. The Morgan fingerprint density at radius 1 is 0.941 bits per heavy atom. The second kappa shape index (κ2) is 7.73. The summed E-state index contributed by atoms with van der Waals surface area (Å²) in [5.74, 6) is 0. The highest BCUT2D eigenvalue weighted by molar-refractivity contribution is 5.96. The van der Waals surface area contributed by atoms with Gasteiger partial charge < -0.3 is 9.30 Å². The standard InChI is InChI=1S/C25H22F3N3O3/c1-14-4-6-15(7-5-14)19-18-20(29(2)24(33)30(3)23(18)32)21-22(34-13-12-31(19)21)16-8-10-17(11-9-16)25(26,27)28/h4-11,22H,12-13H2,1-3H3/t22-/m0/s1. The van der Waals surface area contributed by atoms with E-state index >= 15 is 0 Å². The van der Waals surface area contributed by atoms with E-state index < -0.39 is 29.1 Å². The number of nitrogens with zero attached hydrogens (tertiary/aromatic N) is 3. The molecular weight excluding hydrogens is 447 g/mol. The van der Waals surface area contributed by atoms with Crippen LogP contribution in [-0.4, -0.2) is 20.3 Å². The summed E-state index contributed by atoms with van der Waals surface area (Å²) in [7, 11) is 3.02. The predicted octanol–water partition coefficient (Wildman–Crippen LogP) is 4.15. The minimum atomic E-state index is -4.45. The smallest absolute Gasteiger partial charge is 0.365 e. The molecule has 3 heterocycles.